The maximum atomic E-state index is 2.47. The second-order valence-corrected chi connectivity index (χ2v) is 15.8. The summed E-state index contributed by atoms with van der Waals surface area (Å²) < 4.78 is 0. The van der Waals surface area contributed by atoms with Gasteiger partial charge < -0.3 is 4.90 Å². The van der Waals surface area contributed by atoms with Crippen LogP contribution >= 0.6 is 0 Å². The molecule has 2 aliphatic carbocycles. The Kier molecular flexibility index (Phi) is 7.74. The fourth-order valence-corrected chi connectivity index (χ4v) is 10.1. The number of hydrogen-bond donors (Lipinski definition) is 0. The minimum absolute atomic E-state index is 0.999. The molecule has 0 spiro atoms. The summed E-state index contributed by atoms with van der Waals surface area (Å²) in [6.45, 7) is 0. The van der Waals surface area contributed by atoms with Gasteiger partial charge in [0.15, 0.2) is 0 Å². The van der Waals surface area contributed by atoms with Crippen LogP contribution in [0.25, 0.3) is 93.2 Å². The van der Waals surface area contributed by atoms with Crippen LogP contribution in [0.1, 0.15) is 18.4 Å². The molecule has 0 bridgehead atoms. The zero-order chi connectivity index (χ0) is 38.9. The largest absolute Gasteiger partial charge is 0.310 e. The minimum atomic E-state index is 0.999. The zero-order valence-corrected chi connectivity index (χ0v) is 32.6. The normalized spacial score (nSPS) is 13.0. The number of anilines is 3. The van der Waals surface area contributed by atoms with E-state index in [4.69, 9.17) is 0 Å². The molecule has 276 valence electrons. The average Bonchev–Trinajstić information content (AvgIpc) is 3.65. The third-order valence-corrected chi connectivity index (χ3v) is 12.6. The molecule has 0 atom stereocenters. The summed E-state index contributed by atoms with van der Waals surface area (Å²) in [5.41, 5.74) is 16.4. The van der Waals surface area contributed by atoms with Crippen LogP contribution in [-0.2, 0) is 0 Å². The van der Waals surface area contributed by atoms with Crippen molar-refractivity contribution in [3.8, 4) is 44.5 Å². The van der Waals surface area contributed by atoms with Gasteiger partial charge in [0, 0.05) is 16.8 Å². The lowest BCUT2D eigenvalue weighted by atomic mass is 9.80. The van der Waals surface area contributed by atoms with E-state index in [0.29, 0.717) is 0 Å². The van der Waals surface area contributed by atoms with Crippen molar-refractivity contribution in [1.29, 1.82) is 0 Å². The first kappa shape index (κ1) is 33.6. The van der Waals surface area contributed by atoms with Crippen molar-refractivity contribution in [3.05, 3.63) is 218 Å². The van der Waals surface area contributed by atoms with Gasteiger partial charge in [-0.1, -0.05) is 176 Å². The van der Waals surface area contributed by atoms with Crippen molar-refractivity contribution >= 4 is 65.7 Å². The third-order valence-electron chi connectivity index (χ3n) is 12.6. The highest BCUT2D eigenvalue weighted by Gasteiger charge is 2.26. The predicted molar refractivity (Wildman–Crippen MR) is 253 cm³/mol. The molecule has 59 heavy (non-hydrogen) atoms. The molecule has 0 saturated carbocycles. The van der Waals surface area contributed by atoms with E-state index in [-0.39, 0.29) is 0 Å². The van der Waals surface area contributed by atoms with Crippen molar-refractivity contribution in [2.24, 2.45) is 0 Å². The van der Waals surface area contributed by atoms with Crippen molar-refractivity contribution in [3.63, 3.8) is 0 Å². The maximum Gasteiger partial charge on any atom is 0.0540 e. The molecule has 0 heterocycles. The number of allylic oxidation sites excluding steroid dienone is 4. The Morgan fingerprint density at radius 2 is 0.966 bits per heavy atom. The maximum absolute atomic E-state index is 2.47. The molecule has 0 unspecified atom stereocenters. The van der Waals surface area contributed by atoms with Gasteiger partial charge >= 0.3 is 0 Å². The quantitative estimate of drug-likeness (QED) is 0.153. The van der Waals surface area contributed by atoms with Gasteiger partial charge in [0.25, 0.3) is 0 Å². The van der Waals surface area contributed by atoms with Crippen LogP contribution in [-0.4, -0.2) is 0 Å². The first-order valence-corrected chi connectivity index (χ1v) is 20.7. The van der Waals surface area contributed by atoms with E-state index in [9.17, 15) is 0 Å². The van der Waals surface area contributed by atoms with Crippen molar-refractivity contribution in [2.45, 2.75) is 12.8 Å². The van der Waals surface area contributed by atoms with Gasteiger partial charge in [-0.05, 0) is 143 Å². The van der Waals surface area contributed by atoms with E-state index in [0.717, 1.165) is 24.2 Å². The van der Waals surface area contributed by atoms with E-state index in [1.54, 1.807) is 0 Å². The van der Waals surface area contributed by atoms with E-state index >= 15 is 0 Å². The topological polar surface area (TPSA) is 3.24 Å². The highest BCUT2D eigenvalue weighted by Crippen LogP contribution is 2.53. The molecule has 10 aromatic rings. The molecule has 10 aromatic carbocycles. The Morgan fingerprint density at radius 3 is 1.69 bits per heavy atom. The van der Waals surface area contributed by atoms with Crippen LogP contribution in [0.15, 0.2) is 212 Å². The van der Waals surface area contributed by atoms with E-state index in [2.05, 4.69) is 217 Å². The molecule has 0 radical (unpaired) electrons. The van der Waals surface area contributed by atoms with Crippen LogP contribution in [0.4, 0.5) is 17.1 Å². The van der Waals surface area contributed by atoms with Gasteiger partial charge in [-0.2, -0.15) is 0 Å². The second kappa shape index (κ2) is 13.6. The summed E-state index contributed by atoms with van der Waals surface area (Å²) in [5.74, 6) is 0. The van der Waals surface area contributed by atoms with E-state index in [1.807, 2.05) is 0 Å². The van der Waals surface area contributed by atoms with Gasteiger partial charge in [-0.3, -0.25) is 0 Å². The Bertz CT molecular complexity index is 3330. The number of rotatable bonds is 6. The fourth-order valence-electron chi connectivity index (χ4n) is 10.1. The van der Waals surface area contributed by atoms with Gasteiger partial charge in [0.05, 0.1) is 5.69 Å². The van der Waals surface area contributed by atoms with Gasteiger partial charge in [-0.25, -0.2) is 0 Å². The number of benzene rings is 10. The second-order valence-electron chi connectivity index (χ2n) is 15.8. The fraction of sp³-hybridized carbons (Fsp3) is 0.0345. The van der Waals surface area contributed by atoms with E-state index < -0.39 is 0 Å². The Balaban J connectivity index is 1.20. The predicted octanol–water partition coefficient (Wildman–Crippen LogP) is 16.5. The van der Waals surface area contributed by atoms with Gasteiger partial charge in [0.1, 0.15) is 0 Å². The summed E-state index contributed by atoms with van der Waals surface area (Å²) >= 11 is 0. The molecule has 0 amide bonds. The Hall–Kier alpha value is -7.48. The smallest absolute Gasteiger partial charge is 0.0540 e. The van der Waals surface area contributed by atoms with Crippen LogP contribution in [0, 0.1) is 0 Å². The average molecular weight is 750 g/mol. The standard InChI is InChI=1S/C58H39N/c1-5-18-38(19-6-1)51-37-52(39-20-7-2-8-21-39)57-47-29-16-15-28-45(47)53-36-42(32-33-49(53)58(57)55(51)40-22-9-3-10-23-40)59(41-24-11-4-12-25-41)54-35-34-48-44-27-14-13-26-43(44)46-30-17-31-50(54)56(46)48/h1-9,11-22,24-37H,10,23H2. The third kappa shape index (κ3) is 5.25. The molecular weight excluding hydrogens is 711 g/mol. The van der Waals surface area contributed by atoms with Crippen molar-refractivity contribution < 1.29 is 0 Å². The molecule has 1 nitrogen and oxygen atoms in total. The van der Waals surface area contributed by atoms with Crippen LogP contribution in [0.3, 0.4) is 0 Å². The Morgan fingerprint density at radius 1 is 0.356 bits per heavy atom. The molecule has 0 fully saturated rings. The van der Waals surface area contributed by atoms with Crippen LogP contribution in [0.2, 0.25) is 0 Å². The molecule has 0 N–H and O–H groups in total. The highest BCUT2D eigenvalue weighted by atomic mass is 15.1. The number of nitrogens with zero attached hydrogens (tertiary/aromatic N) is 1. The van der Waals surface area contributed by atoms with E-state index in [1.165, 1.54) is 104 Å². The van der Waals surface area contributed by atoms with Crippen molar-refractivity contribution in [1.82, 2.24) is 0 Å². The summed E-state index contributed by atoms with van der Waals surface area (Å²) in [5, 5.41) is 10.3. The first-order chi connectivity index (χ1) is 29.3. The number of fused-ring (bicyclic) bond motifs is 9. The lowest BCUT2D eigenvalue weighted by molar-refractivity contribution is 1.06. The lowest BCUT2D eigenvalue weighted by Crippen LogP contribution is -2.10. The monoisotopic (exact) mass is 749 g/mol. The summed E-state index contributed by atoms with van der Waals surface area (Å²) in [6.07, 6.45) is 8.93. The van der Waals surface area contributed by atoms with Gasteiger partial charge in [-0.15, -0.1) is 0 Å². The molecular formula is C58H39N. The zero-order valence-electron chi connectivity index (χ0n) is 32.6. The number of hydrogen-bond acceptors (Lipinski definition) is 1. The molecule has 0 saturated heterocycles. The van der Waals surface area contributed by atoms with Crippen LogP contribution < -0.4 is 4.90 Å². The summed E-state index contributed by atoms with van der Waals surface area (Å²) in [7, 11) is 0. The first-order valence-electron chi connectivity index (χ1n) is 20.7. The van der Waals surface area contributed by atoms with Crippen LogP contribution in [0.5, 0.6) is 0 Å². The summed E-state index contributed by atoms with van der Waals surface area (Å²) in [6, 6.07) is 71.9. The highest BCUT2D eigenvalue weighted by molar-refractivity contribution is 6.32. The Labute approximate surface area is 344 Å². The molecule has 0 aliphatic heterocycles. The molecule has 12 rings (SSSR count). The minimum Gasteiger partial charge on any atom is -0.310 e. The van der Waals surface area contributed by atoms with Gasteiger partial charge in [0.2, 0.25) is 0 Å². The summed E-state index contributed by atoms with van der Waals surface area (Å²) in [4.78, 5) is 2.47. The molecule has 0 aromatic heterocycles. The molecule has 1 heteroatoms. The molecule has 2 aliphatic rings. The SMILES string of the molecule is C1=CCCC(c2c(-c3ccccc3)cc(-c3ccccc3)c3c4ccccc4c4cc(N(c5ccccc5)c5ccc6c7c(cccc57)-c5ccccc5-6)ccc4c23)=C1. The lowest BCUT2D eigenvalue weighted by Gasteiger charge is -2.28. The van der Waals surface area contributed by atoms with Crippen molar-refractivity contribution in [2.75, 3.05) is 4.90 Å². The number of para-hydroxylation sites is 1.